The second-order valence-electron chi connectivity index (χ2n) is 5.62. The average molecular weight is 335 g/mol. The number of amides is 1. The first-order chi connectivity index (χ1) is 10.6. The monoisotopic (exact) mass is 334 g/mol. The number of carbonyl (C=O) groups is 1. The quantitative estimate of drug-likeness (QED) is 0.873. The van der Waals surface area contributed by atoms with Gasteiger partial charge in [-0.1, -0.05) is 35.9 Å². The van der Waals surface area contributed by atoms with E-state index < -0.39 is 0 Å². The number of likely N-dealkylation sites (tertiary alicyclic amines) is 1. The van der Waals surface area contributed by atoms with Gasteiger partial charge in [-0.05, 0) is 30.4 Å². The molecule has 1 unspecified atom stereocenters. The lowest BCUT2D eigenvalue weighted by Gasteiger charge is -2.30. The van der Waals surface area contributed by atoms with Crippen molar-refractivity contribution in [2.75, 3.05) is 18.8 Å². The van der Waals surface area contributed by atoms with Gasteiger partial charge in [0, 0.05) is 34.4 Å². The van der Waals surface area contributed by atoms with E-state index in [1.54, 1.807) is 11.8 Å². The summed E-state index contributed by atoms with van der Waals surface area (Å²) >= 11 is 7.87. The highest BCUT2D eigenvalue weighted by molar-refractivity contribution is 8.00. The van der Waals surface area contributed by atoms with Gasteiger partial charge in [0.05, 0.1) is 5.75 Å². The van der Waals surface area contributed by atoms with Crippen molar-refractivity contribution in [3.8, 4) is 0 Å². The number of hydrogen-bond donors (Lipinski definition) is 1. The van der Waals surface area contributed by atoms with E-state index in [2.05, 4.69) is 0 Å². The largest absolute Gasteiger partial charge is 0.340 e. The normalized spacial score (nSPS) is 18.6. The summed E-state index contributed by atoms with van der Waals surface area (Å²) in [5.41, 5.74) is 5.95. The van der Waals surface area contributed by atoms with Gasteiger partial charge in [0.2, 0.25) is 5.91 Å². The fraction of sp³-hybridized carbons (Fsp3) is 0.353. The van der Waals surface area contributed by atoms with Gasteiger partial charge in [-0.3, -0.25) is 4.79 Å². The highest BCUT2D eigenvalue weighted by Crippen LogP contribution is 2.33. The van der Waals surface area contributed by atoms with Gasteiger partial charge in [0.1, 0.15) is 0 Å². The van der Waals surface area contributed by atoms with Gasteiger partial charge in [-0.15, -0.1) is 11.8 Å². The first-order valence-electron chi connectivity index (χ1n) is 7.48. The molecule has 5 heteroatoms. The lowest BCUT2D eigenvalue weighted by molar-refractivity contribution is -0.129. The molecular weight excluding hydrogens is 316 g/mol. The van der Waals surface area contributed by atoms with Crippen LogP contribution >= 0.6 is 23.4 Å². The highest BCUT2D eigenvalue weighted by Gasteiger charge is 2.21. The molecular formula is C17H19ClN2OS. The summed E-state index contributed by atoms with van der Waals surface area (Å²) in [6.45, 7) is 1.50. The van der Waals surface area contributed by atoms with Crippen LogP contribution in [0.5, 0.6) is 0 Å². The lowest BCUT2D eigenvalue weighted by Crippen LogP contribution is -2.46. The van der Waals surface area contributed by atoms with Crippen LogP contribution in [0.15, 0.2) is 41.3 Å². The van der Waals surface area contributed by atoms with Crippen molar-refractivity contribution < 1.29 is 4.79 Å². The number of hydrogen-bond acceptors (Lipinski definition) is 3. The molecule has 1 atom stereocenters. The summed E-state index contributed by atoms with van der Waals surface area (Å²) in [5, 5.41) is 2.86. The minimum atomic E-state index is 0.120. The Labute approximate surface area is 139 Å². The van der Waals surface area contributed by atoms with Crippen LogP contribution in [-0.2, 0) is 4.79 Å². The number of halogens is 1. The zero-order valence-electron chi connectivity index (χ0n) is 12.3. The summed E-state index contributed by atoms with van der Waals surface area (Å²) < 4.78 is 0. The molecule has 0 saturated carbocycles. The molecule has 1 aliphatic heterocycles. The molecule has 1 amide bonds. The van der Waals surface area contributed by atoms with Crippen molar-refractivity contribution in [1.82, 2.24) is 4.90 Å². The summed E-state index contributed by atoms with van der Waals surface area (Å²) in [5.74, 6) is 0.584. The molecule has 0 aliphatic carbocycles. The maximum atomic E-state index is 12.4. The van der Waals surface area contributed by atoms with Crippen LogP contribution in [0.3, 0.4) is 0 Å². The number of carbonyl (C=O) groups excluding carboxylic acids is 1. The smallest absolute Gasteiger partial charge is 0.232 e. The highest BCUT2D eigenvalue weighted by atomic mass is 35.5. The van der Waals surface area contributed by atoms with E-state index in [4.69, 9.17) is 17.3 Å². The molecule has 0 aromatic heterocycles. The molecule has 116 valence electrons. The predicted octanol–water partition coefficient (Wildman–Crippen LogP) is 3.54. The molecule has 2 N–H and O–H groups in total. The molecule has 0 bridgehead atoms. The van der Waals surface area contributed by atoms with E-state index in [1.807, 2.05) is 41.3 Å². The van der Waals surface area contributed by atoms with Crippen molar-refractivity contribution in [3.05, 3.63) is 41.4 Å². The number of benzene rings is 2. The molecule has 3 nitrogen and oxygen atoms in total. The number of nitrogens with two attached hydrogens (primary N) is 1. The van der Waals surface area contributed by atoms with Crippen LogP contribution in [0.1, 0.15) is 12.8 Å². The molecule has 0 spiro atoms. The zero-order valence-corrected chi connectivity index (χ0v) is 13.9. The Morgan fingerprint density at radius 1 is 1.32 bits per heavy atom. The van der Waals surface area contributed by atoms with E-state index in [1.165, 1.54) is 0 Å². The summed E-state index contributed by atoms with van der Waals surface area (Å²) in [6, 6.07) is 12.1. The van der Waals surface area contributed by atoms with E-state index in [0.717, 1.165) is 40.1 Å². The molecule has 3 rings (SSSR count). The number of thioether (sulfide) groups is 1. The summed E-state index contributed by atoms with van der Waals surface area (Å²) in [4.78, 5) is 15.3. The molecule has 1 aliphatic rings. The van der Waals surface area contributed by atoms with Crippen molar-refractivity contribution in [2.24, 2.45) is 5.73 Å². The zero-order chi connectivity index (χ0) is 15.5. The molecule has 1 fully saturated rings. The SMILES string of the molecule is NC1CCCN(C(=O)CSc2cccc3cccc(Cl)c23)C1. The Morgan fingerprint density at radius 3 is 2.86 bits per heavy atom. The maximum absolute atomic E-state index is 12.4. The Kier molecular flexibility index (Phi) is 4.91. The van der Waals surface area contributed by atoms with Gasteiger partial charge in [0.25, 0.3) is 0 Å². The van der Waals surface area contributed by atoms with Gasteiger partial charge in [-0.25, -0.2) is 0 Å². The van der Waals surface area contributed by atoms with Crippen LogP contribution in [-0.4, -0.2) is 35.7 Å². The average Bonchev–Trinajstić information content (AvgIpc) is 2.52. The van der Waals surface area contributed by atoms with Crippen molar-refractivity contribution >= 4 is 40.0 Å². The Morgan fingerprint density at radius 2 is 2.09 bits per heavy atom. The molecule has 22 heavy (non-hydrogen) atoms. The standard InChI is InChI=1S/C17H19ClN2OS/c18-14-7-1-4-12-5-2-8-15(17(12)14)22-11-16(21)20-9-3-6-13(19)10-20/h1-2,4-5,7-8,13H,3,6,9-11,19H2. The lowest BCUT2D eigenvalue weighted by atomic mass is 10.1. The van der Waals surface area contributed by atoms with Crippen LogP contribution in [0.25, 0.3) is 10.8 Å². The Balaban J connectivity index is 1.73. The molecule has 1 saturated heterocycles. The third kappa shape index (κ3) is 3.40. The van der Waals surface area contributed by atoms with E-state index >= 15 is 0 Å². The fourth-order valence-electron chi connectivity index (χ4n) is 2.85. The molecule has 1 heterocycles. The first kappa shape index (κ1) is 15.7. The van der Waals surface area contributed by atoms with Gasteiger partial charge >= 0.3 is 0 Å². The molecule has 2 aromatic carbocycles. The third-order valence-electron chi connectivity index (χ3n) is 3.98. The number of nitrogens with zero attached hydrogens (tertiary/aromatic N) is 1. The number of fused-ring (bicyclic) bond motifs is 1. The predicted molar refractivity (Wildman–Crippen MR) is 93.5 cm³/mol. The maximum Gasteiger partial charge on any atom is 0.232 e. The Hall–Kier alpha value is -1.23. The minimum Gasteiger partial charge on any atom is -0.340 e. The molecule has 2 aromatic rings. The second kappa shape index (κ2) is 6.90. The second-order valence-corrected chi connectivity index (χ2v) is 7.05. The number of piperidine rings is 1. The Bertz CT molecular complexity index is 686. The minimum absolute atomic E-state index is 0.120. The van der Waals surface area contributed by atoms with Crippen LogP contribution in [0.4, 0.5) is 0 Å². The number of rotatable bonds is 3. The van der Waals surface area contributed by atoms with Crippen LogP contribution in [0.2, 0.25) is 5.02 Å². The van der Waals surface area contributed by atoms with Gasteiger partial charge in [-0.2, -0.15) is 0 Å². The summed E-state index contributed by atoms with van der Waals surface area (Å²) in [7, 11) is 0. The third-order valence-corrected chi connectivity index (χ3v) is 5.33. The van der Waals surface area contributed by atoms with Crippen molar-refractivity contribution in [1.29, 1.82) is 0 Å². The summed E-state index contributed by atoms with van der Waals surface area (Å²) in [6.07, 6.45) is 2.01. The van der Waals surface area contributed by atoms with Crippen molar-refractivity contribution in [2.45, 2.75) is 23.8 Å². The van der Waals surface area contributed by atoms with Crippen LogP contribution < -0.4 is 5.73 Å². The van der Waals surface area contributed by atoms with Crippen molar-refractivity contribution in [3.63, 3.8) is 0 Å². The van der Waals surface area contributed by atoms with Crippen LogP contribution in [0, 0.1) is 0 Å². The van der Waals surface area contributed by atoms with Gasteiger partial charge < -0.3 is 10.6 Å². The van der Waals surface area contributed by atoms with Gasteiger partial charge in [0.15, 0.2) is 0 Å². The van der Waals surface area contributed by atoms with E-state index in [-0.39, 0.29) is 11.9 Å². The molecule has 0 radical (unpaired) electrons. The first-order valence-corrected chi connectivity index (χ1v) is 8.85. The van der Waals surface area contributed by atoms with E-state index in [9.17, 15) is 4.79 Å². The topological polar surface area (TPSA) is 46.3 Å². The van der Waals surface area contributed by atoms with E-state index in [0.29, 0.717) is 12.3 Å². The fourth-order valence-corrected chi connectivity index (χ4v) is 4.20.